The number of rotatable bonds is 8. The molecule has 3 rings (SSSR count). The lowest BCUT2D eigenvalue weighted by molar-refractivity contribution is -0.182. The van der Waals surface area contributed by atoms with Crippen LogP contribution in [0.5, 0.6) is 0 Å². The minimum atomic E-state index is -1.59. The van der Waals surface area contributed by atoms with E-state index in [1.807, 2.05) is 0 Å². The Kier molecular flexibility index (Phi) is 8.66. The highest BCUT2D eigenvalue weighted by atomic mass is 79.9. The van der Waals surface area contributed by atoms with Gasteiger partial charge in [0.1, 0.15) is 30.0 Å². The molecule has 0 bridgehead atoms. The third-order valence-electron chi connectivity index (χ3n) is 5.27. The summed E-state index contributed by atoms with van der Waals surface area (Å²) in [5, 5.41) is 7.29. The molecule has 5 atom stereocenters. The van der Waals surface area contributed by atoms with Crippen molar-refractivity contribution in [1.82, 2.24) is 15.0 Å². The van der Waals surface area contributed by atoms with Crippen LogP contribution in [0.25, 0.3) is 11.3 Å². The van der Waals surface area contributed by atoms with Crippen LogP contribution in [-0.2, 0) is 28.5 Å². The number of nitrogens with zero attached hydrogens (tertiary/aromatic N) is 3. The van der Waals surface area contributed by atoms with Gasteiger partial charge < -0.3 is 18.9 Å². The zero-order valence-electron chi connectivity index (χ0n) is 18.5. The molecule has 0 N–H and O–H groups in total. The SMILES string of the molecule is CCOC(=O)COC1C(Br)OC(COC(C)=O)C(C)C1n1cc(-c2cc(F)c(F)c(F)c2)nn1. The van der Waals surface area contributed by atoms with Gasteiger partial charge in [0.25, 0.3) is 0 Å². The van der Waals surface area contributed by atoms with Gasteiger partial charge in [-0.05, 0) is 19.1 Å². The Morgan fingerprint density at radius 2 is 1.88 bits per heavy atom. The van der Waals surface area contributed by atoms with Gasteiger partial charge in [0.15, 0.2) is 17.5 Å². The summed E-state index contributed by atoms with van der Waals surface area (Å²) in [4.78, 5) is 23.1. The summed E-state index contributed by atoms with van der Waals surface area (Å²) < 4.78 is 63.8. The molecule has 0 amide bonds. The van der Waals surface area contributed by atoms with Crippen LogP contribution in [0, 0.1) is 23.4 Å². The number of benzene rings is 1. The van der Waals surface area contributed by atoms with Crippen molar-refractivity contribution < 1.29 is 41.7 Å². The molecule has 1 aromatic carbocycles. The normalized spacial score (nSPS) is 24.6. The molecule has 186 valence electrons. The first-order valence-corrected chi connectivity index (χ1v) is 11.3. The summed E-state index contributed by atoms with van der Waals surface area (Å²) in [5.74, 6) is -5.74. The first kappa shape index (κ1) is 26.1. The lowest BCUT2D eigenvalue weighted by atomic mass is 9.89. The third kappa shape index (κ3) is 5.94. The average Bonchev–Trinajstić information content (AvgIpc) is 3.26. The molecule has 1 aliphatic rings. The first-order chi connectivity index (χ1) is 16.1. The zero-order valence-corrected chi connectivity index (χ0v) is 20.1. The van der Waals surface area contributed by atoms with Crippen LogP contribution >= 0.6 is 15.9 Å². The fourth-order valence-electron chi connectivity index (χ4n) is 3.62. The Hall–Kier alpha value is -2.51. The van der Waals surface area contributed by atoms with Crippen LogP contribution in [0.4, 0.5) is 13.2 Å². The molecule has 13 heteroatoms. The quantitative estimate of drug-likeness (QED) is 0.281. The summed E-state index contributed by atoms with van der Waals surface area (Å²) in [6.45, 7) is 4.51. The molecular formula is C21H23BrF3N3O6. The van der Waals surface area contributed by atoms with E-state index in [0.717, 1.165) is 12.1 Å². The Balaban J connectivity index is 1.92. The van der Waals surface area contributed by atoms with Gasteiger partial charge in [-0.15, -0.1) is 5.10 Å². The molecule has 5 unspecified atom stereocenters. The molecule has 0 saturated carbocycles. The van der Waals surface area contributed by atoms with Crippen molar-refractivity contribution in [1.29, 1.82) is 0 Å². The summed E-state index contributed by atoms with van der Waals surface area (Å²) >= 11 is 3.39. The van der Waals surface area contributed by atoms with Crippen molar-refractivity contribution >= 4 is 27.9 Å². The van der Waals surface area contributed by atoms with Crippen molar-refractivity contribution in [2.24, 2.45) is 5.92 Å². The monoisotopic (exact) mass is 549 g/mol. The number of alkyl halides is 1. The van der Waals surface area contributed by atoms with E-state index in [9.17, 15) is 22.8 Å². The highest BCUT2D eigenvalue weighted by molar-refractivity contribution is 9.09. The summed E-state index contributed by atoms with van der Waals surface area (Å²) in [7, 11) is 0. The predicted octanol–water partition coefficient (Wildman–Crippen LogP) is 3.17. The van der Waals surface area contributed by atoms with Crippen LogP contribution in [0.2, 0.25) is 0 Å². The second-order valence-corrected chi connectivity index (χ2v) is 8.50. The van der Waals surface area contributed by atoms with E-state index in [2.05, 4.69) is 26.2 Å². The number of aromatic nitrogens is 3. The molecule has 1 aliphatic heterocycles. The largest absolute Gasteiger partial charge is 0.464 e. The van der Waals surface area contributed by atoms with E-state index in [4.69, 9.17) is 18.9 Å². The van der Waals surface area contributed by atoms with Crippen molar-refractivity contribution in [2.45, 2.75) is 44.0 Å². The van der Waals surface area contributed by atoms with Crippen LogP contribution in [0.15, 0.2) is 18.3 Å². The zero-order chi connectivity index (χ0) is 25.0. The minimum absolute atomic E-state index is 0.0155. The maximum atomic E-state index is 13.7. The molecule has 2 heterocycles. The Morgan fingerprint density at radius 1 is 1.21 bits per heavy atom. The Morgan fingerprint density at radius 3 is 2.50 bits per heavy atom. The van der Waals surface area contributed by atoms with Gasteiger partial charge in [-0.25, -0.2) is 22.6 Å². The fraction of sp³-hybridized carbons (Fsp3) is 0.524. The van der Waals surface area contributed by atoms with Crippen molar-refractivity contribution in [2.75, 3.05) is 19.8 Å². The standard InChI is InChI=1S/C21H23BrF3N3O6/c1-4-31-17(30)9-33-20-19(10(2)16(34-21(20)22)8-32-11(3)29)28-7-15(26-27-28)12-5-13(23)18(25)14(24)6-12/h5-7,10,16,19-21H,4,8-9H2,1-3H3. The van der Waals surface area contributed by atoms with E-state index >= 15 is 0 Å². The summed E-state index contributed by atoms with van der Waals surface area (Å²) in [6.07, 6.45) is 0.0698. The smallest absolute Gasteiger partial charge is 0.332 e. The number of hydrogen-bond acceptors (Lipinski definition) is 8. The number of carbonyl (C=O) groups is 2. The molecule has 1 fully saturated rings. The van der Waals surface area contributed by atoms with Crippen LogP contribution in [0.3, 0.4) is 0 Å². The highest BCUT2D eigenvalue weighted by Gasteiger charge is 2.46. The molecule has 0 aliphatic carbocycles. The van der Waals surface area contributed by atoms with E-state index < -0.39 is 52.7 Å². The van der Waals surface area contributed by atoms with E-state index in [1.165, 1.54) is 17.8 Å². The van der Waals surface area contributed by atoms with Gasteiger partial charge in [0.2, 0.25) is 0 Å². The second-order valence-electron chi connectivity index (χ2n) is 7.60. The molecule has 34 heavy (non-hydrogen) atoms. The minimum Gasteiger partial charge on any atom is -0.464 e. The lowest BCUT2D eigenvalue weighted by Crippen LogP contribution is -2.52. The van der Waals surface area contributed by atoms with E-state index in [-0.39, 0.29) is 37.0 Å². The van der Waals surface area contributed by atoms with Crippen LogP contribution in [-0.4, -0.2) is 64.0 Å². The number of carbonyl (C=O) groups excluding carboxylic acids is 2. The fourth-order valence-corrected chi connectivity index (χ4v) is 4.37. The van der Waals surface area contributed by atoms with Crippen LogP contribution < -0.4 is 0 Å². The molecule has 1 saturated heterocycles. The average molecular weight is 550 g/mol. The predicted molar refractivity (Wildman–Crippen MR) is 114 cm³/mol. The van der Waals surface area contributed by atoms with Crippen molar-refractivity contribution in [3.8, 4) is 11.3 Å². The molecule has 2 aromatic rings. The van der Waals surface area contributed by atoms with Crippen LogP contribution in [0.1, 0.15) is 26.8 Å². The highest BCUT2D eigenvalue weighted by Crippen LogP contribution is 2.39. The molecular weight excluding hydrogens is 527 g/mol. The molecule has 1 aromatic heterocycles. The van der Waals surface area contributed by atoms with Crippen molar-refractivity contribution in [3.63, 3.8) is 0 Å². The molecule has 9 nitrogen and oxygen atoms in total. The molecule has 0 spiro atoms. The van der Waals surface area contributed by atoms with Gasteiger partial charge in [-0.2, -0.15) is 0 Å². The summed E-state index contributed by atoms with van der Waals surface area (Å²) in [6, 6.07) is 1.02. The third-order valence-corrected chi connectivity index (χ3v) is 6.01. The number of esters is 2. The van der Waals surface area contributed by atoms with Gasteiger partial charge in [0, 0.05) is 18.4 Å². The van der Waals surface area contributed by atoms with Gasteiger partial charge in [0.05, 0.1) is 24.9 Å². The van der Waals surface area contributed by atoms with Gasteiger partial charge >= 0.3 is 11.9 Å². The van der Waals surface area contributed by atoms with E-state index in [0.29, 0.717) is 0 Å². The topological polar surface area (TPSA) is 102 Å². The van der Waals surface area contributed by atoms with E-state index in [1.54, 1.807) is 13.8 Å². The number of halogens is 4. The molecule has 0 radical (unpaired) electrons. The number of ether oxygens (including phenoxy) is 4. The Bertz CT molecular complexity index is 1020. The van der Waals surface area contributed by atoms with Gasteiger partial charge in [-0.3, -0.25) is 4.79 Å². The Labute approximate surface area is 201 Å². The summed E-state index contributed by atoms with van der Waals surface area (Å²) in [5.41, 5.74) is 0.0708. The number of hydrogen-bond donors (Lipinski definition) is 0. The maximum absolute atomic E-state index is 13.7. The lowest BCUT2D eigenvalue weighted by Gasteiger charge is -2.43. The second kappa shape index (κ2) is 11.3. The van der Waals surface area contributed by atoms with Crippen molar-refractivity contribution in [3.05, 3.63) is 35.8 Å². The van der Waals surface area contributed by atoms with Gasteiger partial charge in [-0.1, -0.05) is 28.1 Å². The maximum Gasteiger partial charge on any atom is 0.332 e. The first-order valence-electron chi connectivity index (χ1n) is 10.4.